The number of rotatable bonds is 6. The van der Waals surface area contributed by atoms with Crippen LogP contribution >= 0.6 is 11.6 Å². The number of hydrogen-bond acceptors (Lipinski definition) is 3. The summed E-state index contributed by atoms with van der Waals surface area (Å²) in [6, 6.07) is 15.4. The summed E-state index contributed by atoms with van der Waals surface area (Å²) in [6.45, 7) is 0.531. The molecule has 1 saturated carbocycles. The first-order valence-electron chi connectivity index (χ1n) is 9.31. The highest BCUT2D eigenvalue weighted by Crippen LogP contribution is 2.21. The van der Waals surface area contributed by atoms with Crippen molar-refractivity contribution in [2.45, 2.75) is 44.9 Å². The molecule has 0 atom stereocenters. The van der Waals surface area contributed by atoms with Gasteiger partial charge in [-0.2, -0.15) is 0 Å². The molecule has 4 rings (SSSR count). The number of hydrogen-bond donors (Lipinski definition) is 1. The molecule has 0 bridgehead atoms. The zero-order valence-electron chi connectivity index (χ0n) is 15.0. The molecule has 1 fully saturated rings. The van der Waals surface area contributed by atoms with Gasteiger partial charge in [0.15, 0.2) is 0 Å². The highest BCUT2D eigenvalue weighted by atomic mass is 35.5. The molecule has 1 aromatic heterocycles. The monoisotopic (exact) mass is 383 g/mol. The number of ether oxygens (including phenoxy) is 1. The summed E-state index contributed by atoms with van der Waals surface area (Å²) in [6.07, 6.45) is 4.53. The molecule has 2 aromatic carbocycles. The van der Waals surface area contributed by atoms with Crippen molar-refractivity contribution in [2.24, 2.45) is 0 Å². The zero-order chi connectivity index (χ0) is 18.6. The quantitative estimate of drug-likeness (QED) is 0.689. The summed E-state index contributed by atoms with van der Waals surface area (Å²) < 4.78 is 7.80. The van der Waals surface area contributed by atoms with Crippen LogP contribution in [0.2, 0.25) is 5.02 Å². The SMILES string of the molecule is O=C(Cn1c(COc2ccc(Cl)cc2)nc2ccccc21)NC1CCCC1. The molecule has 140 valence electrons. The third-order valence-corrected chi connectivity index (χ3v) is 5.19. The van der Waals surface area contributed by atoms with Crippen molar-refractivity contribution < 1.29 is 9.53 Å². The van der Waals surface area contributed by atoms with Gasteiger partial charge in [-0.15, -0.1) is 0 Å². The van der Waals surface area contributed by atoms with Gasteiger partial charge in [-0.25, -0.2) is 4.98 Å². The van der Waals surface area contributed by atoms with E-state index in [1.165, 1.54) is 12.8 Å². The van der Waals surface area contributed by atoms with Gasteiger partial charge >= 0.3 is 0 Å². The lowest BCUT2D eigenvalue weighted by Crippen LogP contribution is -2.35. The number of para-hydroxylation sites is 2. The molecule has 1 heterocycles. The van der Waals surface area contributed by atoms with Crippen molar-refractivity contribution in [3.8, 4) is 5.75 Å². The third-order valence-electron chi connectivity index (χ3n) is 4.94. The summed E-state index contributed by atoms with van der Waals surface area (Å²) in [4.78, 5) is 17.2. The van der Waals surface area contributed by atoms with E-state index < -0.39 is 0 Å². The van der Waals surface area contributed by atoms with Gasteiger partial charge in [0.2, 0.25) is 5.91 Å². The Balaban J connectivity index is 1.53. The van der Waals surface area contributed by atoms with Crippen LogP contribution in [0.5, 0.6) is 5.75 Å². The van der Waals surface area contributed by atoms with E-state index in [0.717, 1.165) is 29.7 Å². The smallest absolute Gasteiger partial charge is 0.240 e. The minimum Gasteiger partial charge on any atom is -0.486 e. The predicted octanol–water partition coefficient (Wildman–Crippen LogP) is 4.33. The number of aromatic nitrogens is 2. The Morgan fingerprint density at radius 3 is 2.67 bits per heavy atom. The standard InChI is InChI=1S/C21H22ClN3O2/c22-15-9-11-17(12-10-15)27-14-20-24-18-7-3-4-8-19(18)25(20)13-21(26)23-16-5-1-2-6-16/h3-4,7-12,16H,1-2,5-6,13-14H2,(H,23,26). The summed E-state index contributed by atoms with van der Waals surface area (Å²) in [5.74, 6) is 1.47. The van der Waals surface area contributed by atoms with Crippen LogP contribution in [0.4, 0.5) is 0 Å². The van der Waals surface area contributed by atoms with Crippen LogP contribution in [0.1, 0.15) is 31.5 Å². The van der Waals surface area contributed by atoms with Crippen molar-refractivity contribution in [1.82, 2.24) is 14.9 Å². The average molecular weight is 384 g/mol. The second-order valence-electron chi connectivity index (χ2n) is 6.89. The highest BCUT2D eigenvalue weighted by molar-refractivity contribution is 6.30. The fraction of sp³-hybridized carbons (Fsp3) is 0.333. The number of carbonyl (C=O) groups is 1. The van der Waals surface area contributed by atoms with Crippen LogP contribution in [0.25, 0.3) is 11.0 Å². The molecule has 0 aliphatic heterocycles. The van der Waals surface area contributed by atoms with Gasteiger partial charge < -0.3 is 14.6 Å². The number of nitrogens with zero attached hydrogens (tertiary/aromatic N) is 2. The molecule has 3 aromatic rings. The summed E-state index contributed by atoms with van der Waals surface area (Å²) in [7, 11) is 0. The van der Waals surface area contributed by atoms with Crippen molar-refractivity contribution in [3.63, 3.8) is 0 Å². The van der Waals surface area contributed by atoms with Crippen molar-refractivity contribution in [2.75, 3.05) is 0 Å². The molecule has 5 nitrogen and oxygen atoms in total. The van der Waals surface area contributed by atoms with E-state index in [2.05, 4.69) is 10.3 Å². The van der Waals surface area contributed by atoms with Gasteiger partial charge in [-0.1, -0.05) is 36.6 Å². The van der Waals surface area contributed by atoms with Crippen LogP contribution in [-0.4, -0.2) is 21.5 Å². The van der Waals surface area contributed by atoms with Crippen molar-refractivity contribution in [1.29, 1.82) is 0 Å². The lowest BCUT2D eigenvalue weighted by Gasteiger charge is -2.14. The Kier molecular flexibility index (Phi) is 5.30. The molecule has 0 spiro atoms. The molecule has 1 aliphatic carbocycles. The Labute approximate surface area is 163 Å². The first kappa shape index (κ1) is 17.9. The number of imidazole rings is 1. The normalized spacial score (nSPS) is 14.6. The molecule has 0 unspecified atom stereocenters. The number of fused-ring (bicyclic) bond motifs is 1. The maximum absolute atomic E-state index is 12.6. The van der Waals surface area contributed by atoms with E-state index in [4.69, 9.17) is 16.3 Å². The molecule has 27 heavy (non-hydrogen) atoms. The molecule has 0 saturated heterocycles. The van der Waals surface area contributed by atoms with Gasteiger partial charge in [0.1, 0.15) is 24.7 Å². The van der Waals surface area contributed by atoms with Crippen LogP contribution < -0.4 is 10.1 Å². The van der Waals surface area contributed by atoms with Gasteiger partial charge in [0, 0.05) is 11.1 Å². The molecular formula is C21H22ClN3O2. The van der Waals surface area contributed by atoms with Crippen LogP contribution in [0.15, 0.2) is 48.5 Å². The van der Waals surface area contributed by atoms with Crippen LogP contribution in [-0.2, 0) is 17.9 Å². The second kappa shape index (κ2) is 8.01. The van der Waals surface area contributed by atoms with Crippen molar-refractivity contribution in [3.05, 3.63) is 59.4 Å². The predicted molar refractivity (Wildman–Crippen MR) is 106 cm³/mol. The fourth-order valence-electron chi connectivity index (χ4n) is 3.58. The van der Waals surface area contributed by atoms with Gasteiger partial charge in [0.25, 0.3) is 0 Å². The highest BCUT2D eigenvalue weighted by Gasteiger charge is 2.19. The number of halogens is 1. The van der Waals surface area contributed by atoms with E-state index in [-0.39, 0.29) is 19.1 Å². The fourth-order valence-corrected chi connectivity index (χ4v) is 3.70. The Morgan fingerprint density at radius 1 is 1.15 bits per heavy atom. The number of carbonyl (C=O) groups excluding carboxylic acids is 1. The summed E-state index contributed by atoms with van der Waals surface area (Å²) in [5, 5.41) is 3.81. The summed E-state index contributed by atoms with van der Waals surface area (Å²) >= 11 is 5.92. The lowest BCUT2D eigenvalue weighted by atomic mass is 10.2. The first-order valence-corrected chi connectivity index (χ1v) is 9.69. The van der Waals surface area contributed by atoms with E-state index in [0.29, 0.717) is 16.8 Å². The topological polar surface area (TPSA) is 56.2 Å². The molecule has 0 radical (unpaired) electrons. The lowest BCUT2D eigenvalue weighted by molar-refractivity contribution is -0.122. The minimum atomic E-state index is 0.0257. The minimum absolute atomic E-state index is 0.0257. The van der Waals surface area contributed by atoms with Gasteiger partial charge in [0.05, 0.1) is 11.0 Å². The molecule has 6 heteroatoms. The molecule has 1 aliphatic rings. The first-order chi connectivity index (χ1) is 13.2. The van der Waals surface area contributed by atoms with Crippen LogP contribution in [0.3, 0.4) is 0 Å². The second-order valence-corrected chi connectivity index (χ2v) is 7.33. The third kappa shape index (κ3) is 4.25. The van der Waals surface area contributed by atoms with Crippen LogP contribution in [0, 0.1) is 0 Å². The van der Waals surface area contributed by atoms with Crippen molar-refractivity contribution >= 4 is 28.5 Å². The maximum atomic E-state index is 12.6. The average Bonchev–Trinajstić information content (AvgIpc) is 3.29. The summed E-state index contributed by atoms with van der Waals surface area (Å²) in [5.41, 5.74) is 1.80. The molecule has 1 N–H and O–H groups in total. The molecule has 1 amide bonds. The Morgan fingerprint density at radius 2 is 1.89 bits per heavy atom. The van der Waals surface area contributed by atoms with E-state index in [9.17, 15) is 4.79 Å². The van der Waals surface area contributed by atoms with E-state index in [1.807, 2.05) is 41.0 Å². The Hall–Kier alpha value is -2.53. The molecular weight excluding hydrogens is 362 g/mol. The largest absolute Gasteiger partial charge is 0.486 e. The number of nitrogens with one attached hydrogen (secondary N) is 1. The zero-order valence-corrected chi connectivity index (χ0v) is 15.8. The van der Waals surface area contributed by atoms with Gasteiger partial charge in [-0.05, 0) is 49.2 Å². The van der Waals surface area contributed by atoms with E-state index in [1.54, 1.807) is 12.1 Å². The van der Waals surface area contributed by atoms with E-state index >= 15 is 0 Å². The maximum Gasteiger partial charge on any atom is 0.240 e. The van der Waals surface area contributed by atoms with Gasteiger partial charge in [-0.3, -0.25) is 4.79 Å². The number of benzene rings is 2. The Bertz CT molecular complexity index is 930. The number of amides is 1.